The molecule has 0 saturated heterocycles. The zero-order chi connectivity index (χ0) is 26.2. The summed E-state index contributed by atoms with van der Waals surface area (Å²) in [4.78, 5) is 16.1. The first-order valence-electron chi connectivity index (χ1n) is 11.3. The molecule has 10 heteroatoms. The second-order valence-electron chi connectivity index (χ2n) is 8.51. The number of amides is 1. The molecule has 0 aliphatic heterocycles. The SMILES string of the molecule is C[C@H](NC(=O)C(F)(F)F)[C@H](Oc1ccc2c(cnn2-c2ccc(F)cc2)c1)c1cnc2ccccc2c1. The highest BCUT2D eigenvalue weighted by Gasteiger charge is 2.40. The summed E-state index contributed by atoms with van der Waals surface area (Å²) in [5, 5.41) is 7.82. The molecule has 6 nitrogen and oxygen atoms in total. The van der Waals surface area contributed by atoms with Crippen LogP contribution in [0.2, 0.25) is 0 Å². The van der Waals surface area contributed by atoms with Gasteiger partial charge >= 0.3 is 12.1 Å². The van der Waals surface area contributed by atoms with Crippen molar-refractivity contribution in [2.75, 3.05) is 0 Å². The van der Waals surface area contributed by atoms with Crippen molar-refractivity contribution in [1.82, 2.24) is 20.1 Å². The summed E-state index contributed by atoms with van der Waals surface area (Å²) in [5.74, 6) is -2.06. The lowest BCUT2D eigenvalue weighted by molar-refractivity contribution is -0.174. The van der Waals surface area contributed by atoms with E-state index in [1.54, 1.807) is 47.3 Å². The van der Waals surface area contributed by atoms with Gasteiger partial charge in [-0.05, 0) is 61.5 Å². The Morgan fingerprint density at radius 2 is 1.73 bits per heavy atom. The number of rotatable bonds is 6. The van der Waals surface area contributed by atoms with Gasteiger partial charge in [-0.3, -0.25) is 9.78 Å². The smallest absolute Gasteiger partial charge is 0.471 e. The third-order valence-corrected chi connectivity index (χ3v) is 5.88. The van der Waals surface area contributed by atoms with Crippen LogP contribution in [0.3, 0.4) is 0 Å². The molecule has 1 amide bonds. The van der Waals surface area contributed by atoms with Gasteiger partial charge in [0.15, 0.2) is 0 Å². The van der Waals surface area contributed by atoms with Gasteiger partial charge in [0.25, 0.3) is 0 Å². The average molecular weight is 508 g/mol. The van der Waals surface area contributed by atoms with Crippen molar-refractivity contribution in [3.05, 3.63) is 96.6 Å². The number of nitrogens with zero attached hydrogens (tertiary/aromatic N) is 3. The quantitative estimate of drug-likeness (QED) is 0.290. The summed E-state index contributed by atoms with van der Waals surface area (Å²) in [7, 11) is 0. The lowest BCUT2D eigenvalue weighted by Crippen LogP contribution is -2.45. The summed E-state index contributed by atoms with van der Waals surface area (Å²) in [6.07, 6.45) is -2.89. The van der Waals surface area contributed by atoms with Crippen LogP contribution < -0.4 is 10.1 Å². The molecule has 2 aromatic heterocycles. The fourth-order valence-corrected chi connectivity index (χ4v) is 4.09. The molecule has 0 spiro atoms. The fraction of sp³-hybridized carbons (Fsp3) is 0.148. The van der Waals surface area contributed by atoms with Crippen LogP contribution in [0.25, 0.3) is 27.5 Å². The molecule has 37 heavy (non-hydrogen) atoms. The van der Waals surface area contributed by atoms with Crippen LogP contribution in [0.1, 0.15) is 18.6 Å². The third kappa shape index (κ3) is 5.09. The third-order valence-electron chi connectivity index (χ3n) is 5.88. The number of alkyl halides is 3. The Balaban J connectivity index is 1.49. The van der Waals surface area contributed by atoms with E-state index in [0.717, 1.165) is 10.9 Å². The largest absolute Gasteiger partial charge is 0.484 e. The van der Waals surface area contributed by atoms with Crippen LogP contribution in [0.15, 0.2) is 85.2 Å². The van der Waals surface area contributed by atoms with Gasteiger partial charge in [0.05, 0.1) is 29.0 Å². The van der Waals surface area contributed by atoms with Crippen molar-refractivity contribution in [3.63, 3.8) is 0 Å². The van der Waals surface area contributed by atoms with Gasteiger partial charge in [0.2, 0.25) is 0 Å². The van der Waals surface area contributed by atoms with E-state index in [1.165, 1.54) is 25.3 Å². The monoisotopic (exact) mass is 508 g/mol. The number of nitrogens with one attached hydrogen (secondary N) is 1. The second-order valence-corrected chi connectivity index (χ2v) is 8.51. The van der Waals surface area contributed by atoms with Gasteiger partial charge in [0.1, 0.15) is 17.7 Å². The Kier molecular flexibility index (Phi) is 6.24. The number of carbonyl (C=O) groups excluding carboxylic acids is 1. The van der Waals surface area contributed by atoms with Gasteiger partial charge < -0.3 is 10.1 Å². The minimum atomic E-state index is -5.03. The lowest BCUT2D eigenvalue weighted by atomic mass is 10.0. The predicted molar refractivity (Wildman–Crippen MR) is 130 cm³/mol. The molecular weight excluding hydrogens is 488 g/mol. The standard InChI is InChI=1S/C27H20F4N4O2/c1-16(34-26(36)27(29,30)31)25(19-12-17-4-2-3-5-23(17)32-14-19)37-22-10-11-24-18(13-22)15-33-35(24)21-8-6-20(28)7-9-21/h2-16,25H,1H3,(H,34,36)/t16-,25-/m0/s1. The zero-order valence-corrected chi connectivity index (χ0v) is 19.4. The van der Waals surface area contributed by atoms with Crippen LogP contribution in [0, 0.1) is 5.82 Å². The lowest BCUT2D eigenvalue weighted by Gasteiger charge is -2.27. The van der Waals surface area contributed by atoms with Crippen molar-refractivity contribution >= 4 is 27.7 Å². The summed E-state index contributed by atoms with van der Waals surface area (Å²) in [6, 6.07) is 19.0. The van der Waals surface area contributed by atoms with Crippen molar-refractivity contribution in [3.8, 4) is 11.4 Å². The summed E-state index contributed by atoms with van der Waals surface area (Å²) >= 11 is 0. The first-order valence-corrected chi connectivity index (χ1v) is 11.3. The number of halogens is 4. The molecule has 0 aliphatic carbocycles. The summed E-state index contributed by atoms with van der Waals surface area (Å²) in [5.41, 5.74) is 2.59. The molecule has 3 aromatic carbocycles. The maximum Gasteiger partial charge on any atom is 0.471 e. The average Bonchev–Trinajstić information content (AvgIpc) is 3.30. The first-order chi connectivity index (χ1) is 17.7. The Morgan fingerprint density at radius 3 is 2.49 bits per heavy atom. The van der Waals surface area contributed by atoms with E-state index < -0.39 is 24.2 Å². The molecule has 0 aliphatic rings. The summed E-state index contributed by atoms with van der Waals surface area (Å²) in [6.45, 7) is 1.44. The van der Waals surface area contributed by atoms with Gasteiger partial charge in [-0.15, -0.1) is 0 Å². The van der Waals surface area contributed by atoms with Gasteiger partial charge in [-0.2, -0.15) is 18.3 Å². The van der Waals surface area contributed by atoms with Crippen molar-refractivity contribution in [1.29, 1.82) is 0 Å². The number of ether oxygens (including phenoxy) is 1. The topological polar surface area (TPSA) is 69.0 Å². The van der Waals surface area contributed by atoms with E-state index in [4.69, 9.17) is 4.74 Å². The van der Waals surface area contributed by atoms with Crippen LogP contribution in [-0.2, 0) is 4.79 Å². The Morgan fingerprint density at radius 1 is 0.973 bits per heavy atom. The van der Waals surface area contributed by atoms with Crippen molar-refractivity contribution in [2.24, 2.45) is 0 Å². The molecule has 0 saturated carbocycles. The number of fused-ring (bicyclic) bond motifs is 2. The van der Waals surface area contributed by atoms with E-state index >= 15 is 0 Å². The van der Waals surface area contributed by atoms with Gasteiger partial charge in [0, 0.05) is 22.5 Å². The van der Waals surface area contributed by atoms with E-state index in [9.17, 15) is 22.4 Å². The number of aromatic nitrogens is 3. The highest BCUT2D eigenvalue weighted by atomic mass is 19.4. The van der Waals surface area contributed by atoms with E-state index in [2.05, 4.69) is 10.1 Å². The van der Waals surface area contributed by atoms with Crippen LogP contribution in [0.4, 0.5) is 17.6 Å². The molecule has 5 aromatic rings. The number of hydrogen-bond donors (Lipinski definition) is 1. The first kappa shape index (κ1) is 24.2. The highest BCUT2D eigenvalue weighted by molar-refractivity contribution is 5.83. The molecule has 0 fully saturated rings. The van der Waals surface area contributed by atoms with E-state index in [0.29, 0.717) is 27.9 Å². The molecule has 1 N–H and O–H groups in total. The molecule has 2 atom stereocenters. The van der Waals surface area contributed by atoms with E-state index in [1.807, 2.05) is 29.6 Å². The minimum Gasteiger partial charge on any atom is -0.484 e. The number of benzene rings is 3. The van der Waals surface area contributed by atoms with Gasteiger partial charge in [-0.25, -0.2) is 9.07 Å². The number of para-hydroxylation sites is 1. The van der Waals surface area contributed by atoms with Gasteiger partial charge in [-0.1, -0.05) is 18.2 Å². The second kappa shape index (κ2) is 9.53. The van der Waals surface area contributed by atoms with Crippen LogP contribution in [0.5, 0.6) is 5.75 Å². The molecular formula is C27H20F4N4O2. The Bertz CT molecular complexity index is 1580. The number of carbonyl (C=O) groups is 1. The van der Waals surface area contributed by atoms with Crippen molar-refractivity contribution < 1.29 is 27.1 Å². The maximum absolute atomic E-state index is 13.3. The number of hydrogen-bond acceptors (Lipinski definition) is 4. The molecule has 5 rings (SSSR count). The Hall–Kier alpha value is -4.47. The highest BCUT2D eigenvalue weighted by Crippen LogP contribution is 2.30. The molecule has 2 heterocycles. The molecule has 0 bridgehead atoms. The van der Waals surface area contributed by atoms with Crippen LogP contribution in [-0.4, -0.2) is 32.9 Å². The molecule has 188 valence electrons. The maximum atomic E-state index is 13.3. The molecule has 0 radical (unpaired) electrons. The Labute approximate surface area is 208 Å². The normalized spacial score (nSPS) is 13.4. The zero-order valence-electron chi connectivity index (χ0n) is 19.4. The number of pyridine rings is 1. The van der Waals surface area contributed by atoms with E-state index in [-0.39, 0.29) is 5.82 Å². The fourth-order valence-electron chi connectivity index (χ4n) is 4.09. The predicted octanol–water partition coefficient (Wildman–Crippen LogP) is 5.90. The van der Waals surface area contributed by atoms with Crippen LogP contribution >= 0.6 is 0 Å². The van der Waals surface area contributed by atoms with Crippen molar-refractivity contribution in [2.45, 2.75) is 25.2 Å². The minimum absolute atomic E-state index is 0.359. The summed E-state index contributed by atoms with van der Waals surface area (Å²) < 4.78 is 60.0. The molecule has 0 unspecified atom stereocenters.